The Labute approximate surface area is 91.5 Å². The fourth-order valence-corrected chi connectivity index (χ4v) is 1.81. The molecule has 0 saturated carbocycles. The Kier molecular flexibility index (Phi) is 4.11. The van der Waals surface area contributed by atoms with E-state index in [4.69, 9.17) is 10.5 Å². The number of rotatable bonds is 4. The number of amides is 1. The largest absolute Gasteiger partial charge is 0.379 e. The monoisotopic (exact) mass is 214 g/mol. The highest BCUT2D eigenvalue weighted by molar-refractivity contribution is 5.86. The van der Waals surface area contributed by atoms with E-state index in [1.54, 1.807) is 0 Å². The van der Waals surface area contributed by atoms with Gasteiger partial charge in [-0.1, -0.05) is 20.8 Å². The predicted molar refractivity (Wildman–Crippen MR) is 59.4 cm³/mol. The fraction of sp³-hybridized carbons (Fsp3) is 0.909. The Morgan fingerprint density at radius 3 is 2.67 bits per heavy atom. The van der Waals surface area contributed by atoms with Crippen LogP contribution < -0.4 is 11.1 Å². The molecule has 1 aliphatic heterocycles. The average molecular weight is 214 g/mol. The molecule has 3 N–H and O–H groups in total. The lowest BCUT2D eigenvalue weighted by molar-refractivity contribution is -0.127. The highest BCUT2D eigenvalue weighted by Gasteiger charge is 2.39. The summed E-state index contributed by atoms with van der Waals surface area (Å²) < 4.78 is 5.17. The zero-order valence-electron chi connectivity index (χ0n) is 9.88. The second-order valence-electron chi connectivity index (χ2n) is 4.69. The number of hydrogen-bond donors (Lipinski definition) is 2. The number of ether oxygens (including phenoxy) is 1. The van der Waals surface area contributed by atoms with Crippen LogP contribution in [-0.4, -0.2) is 30.7 Å². The molecule has 2 unspecified atom stereocenters. The maximum Gasteiger partial charge on any atom is 0.242 e. The molecule has 4 nitrogen and oxygen atoms in total. The van der Waals surface area contributed by atoms with E-state index in [9.17, 15) is 4.79 Å². The van der Waals surface area contributed by atoms with Crippen molar-refractivity contribution in [2.75, 3.05) is 13.2 Å². The molecule has 1 amide bonds. The van der Waals surface area contributed by atoms with Gasteiger partial charge in [0.1, 0.15) is 5.54 Å². The molecule has 0 spiro atoms. The topological polar surface area (TPSA) is 64.4 Å². The van der Waals surface area contributed by atoms with E-state index in [2.05, 4.69) is 26.1 Å². The van der Waals surface area contributed by atoms with Gasteiger partial charge < -0.3 is 15.8 Å². The van der Waals surface area contributed by atoms with Crippen LogP contribution in [-0.2, 0) is 9.53 Å². The zero-order chi connectivity index (χ0) is 11.5. The lowest BCUT2D eigenvalue weighted by Crippen LogP contribution is -2.57. The van der Waals surface area contributed by atoms with Crippen molar-refractivity contribution in [3.63, 3.8) is 0 Å². The third-order valence-corrected chi connectivity index (χ3v) is 3.07. The number of carbonyl (C=O) groups excluding carboxylic acids is 1. The summed E-state index contributed by atoms with van der Waals surface area (Å²) in [5.41, 5.74) is 5.17. The summed E-state index contributed by atoms with van der Waals surface area (Å²) >= 11 is 0. The molecule has 0 aromatic rings. The van der Waals surface area contributed by atoms with Crippen LogP contribution in [0.1, 0.15) is 33.6 Å². The molecule has 1 fully saturated rings. The third-order valence-electron chi connectivity index (χ3n) is 3.07. The van der Waals surface area contributed by atoms with E-state index >= 15 is 0 Å². The summed E-state index contributed by atoms with van der Waals surface area (Å²) in [6, 6.07) is 0.207. The molecule has 0 aromatic heterocycles. The number of nitrogens with one attached hydrogen (secondary N) is 1. The van der Waals surface area contributed by atoms with Crippen LogP contribution in [0.25, 0.3) is 0 Å². The van der Waals surface area contributed by atoms with Crippen LogP contribution in [0.3, 0.4) is 0 Å². The molecule has 2 atom stereocenters. The zero-order valence-corrected chi connectivity index (χ0v) is 9.88. The maximum atomic E-state index is 11.9. The van der Waals surface area contributed by atoms with E-state index in [-0.39, 0.29) is 11.9 Å². The van der Waals surface area contributed by atoms with Crippen LogP contribution in [0.5, 0.6) is 0 Å². The van der Waals surface area contributed by atoms with Gasteiger partial charge in [0.05, 0.1) is 6.61 Å². The van der Waals surface area contributed by atoms with Crippen molar-refractivity contribution in [1.82, 2.24) is 5.32 Å². The standard InChI is InChI=1S/C11H22N2O2/c1-4-9(8(2)3)13-10(14)11(12)5-6-15-7-11/h8-9H,4-7,12H2,1-3H3,(H,13,14). The first-order valence-corrected chi connectivity index (χ1v) is 5.67. The Hall–Kier alpha value is -0.610. The van der Waals surface area contributed by atoms with Gasteiger partial charge >= 0.3 is 0 Å². The fourth-order valence-electron chi connectivity index (χ4n) is 1.81. The van der Waals surface area contributed by atoms with Crippen LogP contribution in [0.2, 0.25) is 0 Å². The van der Waals surface area contributed by atoms with Gasteiger partial charge in [0.2, 0.25) is 5.91 Å². The van der Waals surface area contributed by atoms with Gasteiger partial charge in [-0.15, -0.1) is 0 Å². The summed E-state index contributed by atoms with van der Waals surface area (Å²) in [6.45, 7) is 7.20. The Bertz CT molecular complexity index is 223. The molecular weight excluding hydrogens is 192 g/mol. The highest BCUT2D eigenvalue weighted by Crippen LogP contribution is 2.16. The van der Waals surface area contributed by atoms with Gasteiger partial charge in [-0.3, -0.25) is 4.79 Å². The molecule has 15 heavy (non-hydrogen) atoms. The van der Waals surface area contributed by atoms with Gasteiger partial charge in [0.15, 0.2) is 0 Å². The molecule has 4 heteroatoms. The molecule has 0 aromatic carbocycles. The van der Waals surface area contributed by atoms with E-state index in [0.717, 1.165) is 6.42 Å². The smallest absolute Gasteiger partial charge is 0.242 e. The molecule has 0 aliphatic carbocycles. The highest BCUT2D eigenvalue weighted by atomic mass is 16.5. The molecule has 1 heterocycles. The number of carbonyl (C=O) groups is 1. The molecule has 1 rings (SSSR count). The molecular formula is C11H22N2O2. The van der Waals surface area contributed by atoms with Crippen LogP contribution in [0.15, 0.2) is 0 Å². The first kappa shape index (κ1) is 12.5. The summed E-state index contributed by atoms with van der Waals surface area (Å²) in [5.74, 6) is 0.366. The normalized spacial score (nSPS) is 28.1. The second kappa shape index (κ2) is 4.94. The lowest BCUT2D eigenvalue weighted by Gasteiger charge is -2.27. The Morgan fingerprint density at radius 2 is 2.27 bits per heavy atom. The molecule has 0 radical (unpaired) electrons. The average Bonchev–Trinajstić information content (AvgIpc) is 2.61. The maximum absolute atomic E-state index is 11.9. The third kappa shape index (κ3) is 2.92. The van der Waals surface area contributed by atoms with Crippen molar-refractivity contribution in [1.29, 1.82) is 0 Å². The Balaban J connectivity index is 2.53. The van der Waals surface area contributed by atoms with Crippen molar-refractivity contribution in [2.24, 2.45) is 11.7 Å². The van der Waals surface area contributed by atoms with Crippen LogP contribution in [0, 0.1) is 5.92 Å². The summed E-state index contributed by atoms with van der Waals surface area (Å²) in [6.07, 6.45) is 1.55. The molecule has 1 aliphatic rings. The molecule has 1 saturated heterocycles. The lowest BCUT2D eigenvalue weighted by atomic mass is 9.96. The van der Waals surface area contributed by atoms with Gasteiger partial charge in [-0.2, -0.15) is 0 Å². The minimum Gasteiger partial charge on any atom is -0.379 e. The minimum atomic E-state index is -0.803. The molecule has 88 valence electrons. The van der Waals surface area contributed by atoms with E-state index in [1.807, 2.05) is 0 Å². The van der Waals surface area contributed by atoms with Gasteiger partial charge in [-0.05, 0) is 18.8 Å². The number of hydrogen-bond acceptors (Lipinski definition) is 3. The van der Waals surface area contributed by atoms with Crippen molar-refractivity contribution in [3.8, 4) is 0 Å². The van der Waals surface area contributed by atoms with E-state index < -0.39 is 5.54 Å². The van der Waals surface area contributed by atoms with Crippen molar-refractivity contribution in [3.05, 3.63) is 0 Å². The molecule has 0 bridgehead atoms. The van der Waals surface area contributed by atoms with E-state index in [1.165, 1.54) is 0 Å². The first-order valence-electron chi connectivity index (χ1n) is 5.67. The van der Waals surface area contributed by atoms with Gasteiger partial charge in [0.25, 0.3) is 0 Å². The second-order valence-corrected chi connectivity index (χ2v) is 4.69. The summed E-state index contributed by atoms with van der Waals surface area (Å²) in [5, 5.41) is 3.00. The van der Waals surface area contributed by atoms with Crippen LogP contribution in [0.4, 0.5) is 0 Å². The first-order chi connectivity index (χ1) is 6.99. The van der Waals surface area contributed by atoms with Crippen LogP contribution >= 0.6 is 0 Å². The van der Waals surface area contributed by atoms with Gasteiger partial charge in [0, 0.05) is 12.6 Å². The summed E-state index contributed by atoms with van der Waals surface area (Å²) in [4.78, 5) is 11.9. The quantitative estimate of drug-likeness (QED) is 0.722. The van der Waals surface area contributed by atoms with E-state index in [0.29, 0.717) is 25.6 Å². The number of nitrogens with two attached hydrogens (primary N) is 1. The van der Waals surface area contributed by atoms with Crippen molar-refractivity contribution >= 4 is 5.91 Å². The predicted octanol–water partition coefficient (Wildman–Crippen LogP) is 0.655. The Morgan fingerprint density at radius 1 is 1.60 bits per heavy atom. The van der Waals surface area contributed by atoms with Gasteiger partial charge in [-0.25, -0.2) is 0 Å². The minimum absolute atomic E-state index is 0.0689. The SMILES string of the molecule is CCC(NC(=O)C1(N)CCOC1)C(C)C. The van der Waals surface area contributed by atoms with Crippen molar-refractivity contribution in [2.45, 2.75) is 45.2 Å². The van der Waals surface area contributed by atoms with Crippen molar-refractivity contribution < 1.29 is 9.53 Å². The summed E-state index contributed by atoms with van der Waals surface area (Å²) in [7, 11) is 0.